The van der Waals surface area contributed by atoms with Gasteiger partial charge in [0.1, 0.15) is 30.7 Å². The predicted molar refractivity (Wildman–Crippen MR) is 271 cm³/mol. The standard InChI is InChI=1S/C50H81N3O16P2/c1-3-5-7-8-9-10-11-12-13-14-18-21-24-27-30-34-45(55)64-38-42(67-46(56)35-31-28-25-22-19-16-15-17-20-23-26-29-33-41(54)32-6-4-2)39-65-70(60,61)69-71(62,63)66-40-43-47(57)48(58)49(68-43)53-37-36-44(51)52-50(53)59/h6,12-13,15-16,20,22-23,25-26,29,32,36-37,41-43,47-49,54,57-58H,3-5,7-11,14,17-19,21,24,27-28,30-31,33-35,38-40H2,1-2H3,(H,60,61)(H,62,63)(H2,51,52,59)/b13-12-,16-15-,23-20-,25-22-,29-26+,32-6-/t41?,42-,43-,47-,48-,49-/m1/s1. The molecule has 402 valence electrons. The van der Waals surface area contributed by atoms with Crippen LogP contribution in [0.5, 0.6) is 0 Å². The summed E-state index contributed by atoms with van der Waals surface area (Å²) >= 11 is 0. The van der Waals surface area contributed by atoms with Crippen LogP contribution in [0.25, 0.3) is 0 Å². The van der Waals surface area contributed by atoms with E-state index in [0.717, 1.165) is 62.1 Å². The van der Waals surface area contributed by atoms with Crippen LogP contribution >= 0.6 is 15.6 Å². The van der Waals surface area contributed by atoms with Crippen LogP contribution in [-0.2, 0) is 46.3 Å². The average Bonchev–Trinajstić information content (AvgIpc) is 3.60. The first-order valence-electron chi connectivity index (χ1n) is 25.1. The SMILES string of the molecule is CC/C=C\C(O)C/C=C/C=C\C/C=C\C/C=C\CCCC(=O)O[C@H](COC(=O)CCCCCCC/C=C\CCCCCCCC)COP(=O)(O)OP(=O)(O)OC[C@H]1O[C@@H](n2ccc(N)nc2=O)[C@H](O)[C@@H]1O. The topological polar surface area (TPSA) is 286 Å². The number of hydrogen-bond donors (Lipinski definition) is 6. The second-order valence-electron chi connectivity index (χ2n) is 17.1. The molecule has 71 heavy (non-hydrogen) atoms. The molecule has 1 aliphatic rings. The number of phosphoric ester groups is 2. The van der Waals surface area contributed by atoms with Gasteiger partial charge in [0, 0.05) is 19.0 Å². The predicted octanol–water partition coefficient (Wildman–Crippen LogP) is 9.08. The highest BCUT2D eigenvalue weighted by molar-refractivity contribution is 7.61. The maximum absolute atomic E-state index is 12.8. The van der Waals surface area contributed by atoms with Crippen molar-refractivity contribution in [2.75, 3.05) is 25.6 Å². The first-order valence-corrected chi connectivity index (χ1v) is 28.0. The molecule has 1 fully saturated rings. The minimum atomic E-state index is -5.45. The van der Waals surface area contributed by atoms with Crippen molar-refractivity contribution in [3.63, 3.8) is 0 Å². The molecule has 2 heterocycles. The molecule has 1 aromatic heterocycles. The number of ether oxygens (including phenoxy) is 3. The van der Waals surface area contributed by atoms with Gasteiger partial charge in [-0.1, -0.05) is 138 Å². The molecule has 7 N–H and O–H groups in total. The summed E-state index contributed by atoms with van der Waals surface area (Å²) in [5.41, 5.74) is 4.57. The molecule has 1 aliphatic heterocycles. The lowest BCUT2D eigenvalue weighted by atomic mass is 10.1. The Hall–Kier alpha value is -3.84. The van der Waals surface area contributed by atoms with E-state index in [0.29, 0.717) is 32.1 Å². The van der Waals surface area contributed by atoms with Gasteiger partial charge in [-0.25, -0.2) is 13.9 Å². The summed E-state index contributed by atoms with van der Waals surface area (Å²) in [4.78, 5) is 61.8. The van der Waals surface area contributed by atoms with Crippen LogP contribution in [0.3, 0.4) is 0 Å². The third kappa shape index (κ3) is 30.7. The van der Waals surface area contributed by atoms with Gasteiger partial charge >= 0.3 is 33.3 Å². The van der Waals surface area contributed by atoms with Crippen LogP contribution in [0.15, 0.2) is 90.0 Å². The number of aliphatic hydroxyl groups excluding tert-OH is 3. The van der Waals surface area contributed by atoms with Gasteiger partial charge < -0.3 is 45.1 Å². The zero-order valence-electron chi connectivity index (χ0n) is 41.6. The van der Waals surface area contributed by atoms with E-state index in [9.17, 15) is 48.6 Å². The molecule has 8 atom stereocenters. The minimum Gasteiger partial charge on any atom is -0.462 e. The van der Waals surface area contributed by atoms with Gasteiger partial charge in [-0.2, -0.15) is 9.29 Å². The fraction of sp³-hybridized carbons (Fsp3) is 0.640. The third-order valence-corrected chi connectivity index (χ3v) is 13.5. The number of aromatic nitrogens is 2. The second kappa shape index (κ2) is 37.8. The monoisotopic (exact) mass is 1040 g/mol. The number of aliphatic hydroxyl groups is 3. The van der Waals surface area contributed by atoms with Gasteiger partial charge in [-0.15, -0.1) is 0 Å². The number of nitrogen functional groups attached to an aromatic ring is 1. The second-order valence-corrected chi connectivity index (χ2v) is 20.2. The van der Waals surface area contributed by atoms with Gasteiger partial charge in [0.2, 0.25) is 0 Å². The summed E-state index contributed by atoms with van der Waals surface area (Å²) in [6.45, 7) is 1.84. The van der Waals surface area contributed by atoms with Gasteiger partial charge in [0.25, 0.3) is 0 Å². The molecule has 21 heteroatoms. The molecule has 0 aromatic carbocycles. The maximum atomic E-state index is 12.8. The lowest BCUT2D eigenvalue weighted by molar-refractivity contribution is -0.161. The van der Waals surface area contributed by atoms with Gasteiger partial charge in [0.15, 0.2) is 12.3 Å². The highest BCUT2D eigenvalue weighted by Gasteiger charge is 2.46. The first-order chi connectivity index (χ1) is 34.1. The van der Waals surface area contributed by atoms with E-state index in [1.54, 1.807) is 6.08 Å². The molecule has 19 nitrogen and oxygen atoms in total. The smallest absolute Gasteiger partial charge is 0.462 e. The Balaban J connectivity index is 1.85. The van der Waals surface area contributed by atoms with Crippen molar-refractivity contribution in [2.45, 2.75) is 185 Å². The van der Waals surface area contributed by atoms with E-state index in [1.807, 2.05) is 61.6 Å². The Kier molecular flexibility index (Phi) is 33.7. The number of carbonyl (C=O) groups is 2. The summed E-state index contributed by atoms with van der Waals surface area (Å²) in [5, 5.41) is 30.7. The van der Waals surface area contributed by atoms with Crippen molar-refractivity contribution in [3.05, 3.63) is 95.7 Å². The van der Waals surface area contributed by atoms with Crippen LogP contribution in [0.2, 0.25) is 0 Å². The Morgan fingerprint density at radius 1 is 0.761 bits per heavy atom. The van der Waals surface area contributed by atoms with E-state index in [2.05, 4.69) is 28.4 Å². The number of hydrogen-bond acceptors (Lipinski definition) is 16. The van der Waals surface area contributed by atoms with Gasteiger partial charge in [0.05, 0.1) is 19.3 Å². The molecule has 3 unspecified atom stereocenters. The number of esters is 2. The number of carbonyl (C=O) groups excluding carboxylic acids is 2. The molecule has 1 aromatic rings. The number of nitrogens with zero attached hydrogens (tertiary/aromatic N) is 2. The van der Waals surface area contributed by atoms with E-state index < -0.39 is 89.8 Å². The molecule has 0 bridgehead atoms. The third-order valence-electron chi connectivity index (χ3n) is 10.8. The summed E-state index contributed by atoms with van der Waals surface area (Å²) in [7, 11) is -10.9. The van der Waals surface area contributed by atoms with Crippen molar-refractivity contribution in [1.29, 1.82) is 0 Å². The maximum Gasteiger partial charge on any atom is 0.481 e. The molecule has 2 rings (SSSR count). The number of anilines is 1. The van der Waals surface area contributed by atoms with E-state index in [4.69, 9.17) is 29.0 Å². The van der Waals surface area contributed by atoms with Crippen molar-refractivity contribution >= 4 is 33.4 Å². The Morgan fingerprint density at radius 3 is 2.04 bits per heavy atom. The lowest BCUT2D eigenvalue weighted by Crippen LogP contribution is -2.36. The van der Waals surface area contributed by atoms with Crippen LogP contribution < -0.4 is 11.4 Å². The van der Waals surface area contributed by atoms with Gasteiger partial charge in [-0.3, -0.25) is 23.2 Å². The molecule has 1 saturated heterocycles. The number of nitrogens with two attached hydrogens (primary N) is 1. The zero-order chi connectivity index (χ0) is 52.2. The van der Waals surface area contributed by atoms with Crippen LogP contribution in [0.1, 0.15) is 155 Å². The van der Waals surface area contributed by atoms with E-state index >= 15 is 0 Å². The van der Waals surface area contributed by atoms with Crippen molar-refractivity contribution < 1.29 is 71.4 Å². The average molecular weight is 1040 g/mol. The molecular formula is C50H81N3O16P2. The van der Waals surface area contributed by atoms with E-state index in [1.165, 1.54) is 44.6 Å². The summed E-state index contributed by atoms with van der Waals surface area (Å²) in [5.74, 6) is -1.41. The van der Waals surface area contributed by atoms with Gasteiger partial charge in [-0.05, 0) is 76.7 Å². The number of unbranched alkanes of at least 4 members (excludes halogenated alkanes) is 12. The fourth-order valence-corrected chi connectivity index (χ4v) is 9.06. The molecule has 0 saturated carbocycles. The first kappa shape index (κ1) is 63.3. The summed E-state index contributed by atoms with van der Waals surface area (Å²) in [6.07, 6.45) is 34.7. The number of allylic oxidation sites excluding steroid dienone is 10. The summed E-state index contributed by atoms with van der Waals surface area (Å²) in [6, 6.07) is 1.24. The molecule has 0 radical (unpaired) electrons. The normalized spacial score (nSPS) is 20.2. The highest BCUT2D eigenvalue weighted by atomic mass is 31.3. The highest BCUT2D eigenvalue weighted by Crippen LogP contribution is 2.60. The largest absolute Gasteiger partial charge is 0.481 e. The Labute approximate surface area is 419 Å². The Bertz CT molecular complexity index is 1990. The van der Waals surface area contributed by atoms with E-state index in [-0.39, 0.29) is 18.7 Å². The molecule has 0 aliphatic carbocycles. The minimum absolute atomic E-state index is 0.0507. The Morgan fingerprint density at radius 2 is 1.35 bits per heavy atom. The van der Waals surface area contributed by atoms with Crippen molar-refractivity contribution in [3.8, 4) is 0 Å². The van der Waals surface area contributed by atoms with Crippen molar-refractivity contribution in [1.82, 2.24) is 9.55 Å². The lowest BCUT2D eigenvalue weighted by Gasteiger charge is -2.21. The molecular weight excluding hydrogens is 961 g/mol. The number of rotatable bonds is 40. The van der Waals surface area contributed by atoms with Crippen molar-refractivity contribution in [2.24, 2.45) is 0 Å². The quantitative estimate of drug-likeness (QED) is 0.0117. The fourth-order valence-electron chi connectivity index (χ4n) is 6.95. The number of phosphoric acid groups is 2. The van der Waals surface area contributed by atoms with Crippen LogP contribution in [0.4, 0.5) is 5.82 Å². The summed E-state index contributed by atoms with van der Waals surface area (Å²) < 4.78 is 56.6. The molecule has 0 spiro atoms. The molecule has 0 amide bonds. The van der Waals surface area contributed by atoms with Crippen LogP contribution in [0, 0.1) is 0 Å². The zero-order valence-corrected chi connectivity index (χ0v) is 43.4. The van der Waals surface area contributed by atoms with Crippen LogP contribution in [-0.4, -0.2) is 96.9 Å².